The van der Waals surface area contributed by atoms with Gasteiger partial charge in [-0.1, -0.05) is 78.4 Å². The molecule has 0 aliphatic carbocycles. The van der Waals surface area contributed by atoms with Gasteiger partial charge < -0.3 is 10.1 Å². The van der Waals surface area contributed by atoms with Crippen LogP contribution in [0.5, 0.6) is 0 Å². The number of para-hydroxylation sites is 1. The van der Waals surface area contributed by atoms with E-state index in [0.29, 0.717) is 6.54 Å². The molecule has 3 aromatic rings. The Kier molecular flexibility index (Phi) is 6.87. The molecule has 0 fully saturated rings. The van der Waals surface area contributed by atoms with E-state index in [1.807, 2.05) is 102 Å². The van der Waals surface area contributed by atoms with Crippen molar-refractivity contribution in [1.29, 1.82) is 0 Å². The van der Waals surface area contributed by atoms with E-state index in [2.05, 4.69) is 12.2 Å². The number of methoxy groups -OCH3 is 1. The fraction of sp³-hybridized carbons (Fsp3) is 0.222. The predicted octanol–water partition coefficient (Wildman–Crippen LogP) is 5.31. The third kappa shape index (κ3) is 5.01. The predicted molar refractivity (Wildman–Crippen MR) is 127 cm³/mol. The zero-order valence-electron chi connectivity index (χ0n) is 18.3. The number of ether oxygens (including phenoxy) is 1. The Morgan fingerprint density at radius 2 is 1.66 bits per heavy atom. The van der Waals surface area contributed by atoms with Gasteiger partial charge in [0.05, 0.1) is 25.4 Å². The molecule has 3 aromatic carbocycles. The van der Waals surface area contributed by atoms with E-state index in [0.717, 1.165) is 16.9 Å². The maximum Gasteiger partial charge on any atom is 0.314 e. The average molecular weight is 429 g/mol. The smallest absolute Gasteiger partial charge is 0.314 e. The van der Waals surface area contributed by atoms with Gasteiger partial charge in [-0.3, -0.25) is 9.63 Å². The van der Waals surface area contributed by atoms with Crippen LogP contribution in [0, 0.1) is 12.8 Å². The summed E-state index contributed by atoms with van der Waals surface area (Å²) in [6.07, 6.45) is 3.48. The Hall–Kier alpha value is -3.57. The first kappa shape index (κ1) is 21.7. The SMILES string of the molecule is COC(=O)[C@@H]([C@H]1C=CCN(c2ccccc2)O1)[C@@H](Nc1ccc(C)cc1)c1ccccc1. The van der Waals surface area contributed by atoms with E-state index in [-0.39, 0.29) is 12.0 Å². The molecule has 3 atom stereocenters. The third-order valence-electron chi connectivity index (χ3n) is 5.61. The maximum atomic E-state index is 13.1. The second kappa shape index (κ2) is 10.2. The van der Waals surface area contributed by atoms with E-state index >= 15 is 0 Å². The number of carbonyl (C=O) groups excluding carboxylic acids is 1. The Morgan fingerprint density at radius 3 is 2.31 bits per heavy atom. The van der Waals surface area contributed by atoms with Crippen molar-refractivity contribution in [2.75, 3.05) is 24.0 Å². The Morgan fingerprint density at radius 1 is 1.00 bits per heavy atom. The summed E-state index contributed by atoms with van der Waals surface area (Å²) in [5.41, 5.74) is 4.02. The van der Waals surface area contributed by atoms with Crippen LogP contribution < -0.4 is 10.4 Å². The van der Waals surface area contributed by atoms with Crippen molar-refractivity contribution in [3.63, 3.8) is 0 Å². The summed E-state index contributed by atoms with van der Waals surface area (Å²) < 4.78 is 5.25. The van der Waals surface area contributed by atoms with Gasteiger partial charge in [-0.15, -0.1) is 0 Å². The third-order valence-corrected chi connectivity index (χ3v) is 5.61. The number of carbonyl (C=O) groups is 1. The Balaban J connectivity index is 1.69. The van der Waals surface area contributed by atoms with Gasteiger partial charge in [-0.25, -0.2) is 5.06 Å². The molecule has 32 heavy (non-hydrogen) atoms. The van der Waals surface area contributed by atoms with Crippen LogP contribution >= 0.6 is 0 Å². The molecule has 0 saturated heterocycles. The molecule has 5 nitrogen and oxygen atoms in total. The van der Waals surface area contributed by atoms with Crippen LogP contribution in [-0.4, -0.2) is 25.7 Å². The molecule has 0 aromatic heterocycles. The van der Waals surface area contributed by atoms with Crippen molar-refractivity contribution in [2.24, 2.45) is 5.92 Å². The zero-order valence-corrected chi connectivity index (χ0v) is 18.3. The minimum atomic E-state index is -0.605. The molecule has 1 N–H and O–H groups in total. The second-order valence-corrected chi connectivity index (χ2v) is 7.84. The summed E-state index contributed by atoms with van der Waals surface area (Å²) >= 11 is 0. The molecule has 164 valence electrons. The van der Waals surface area contributed by atoms with Crippen molar-refractivity contribution in [2.45, 2.75) is 19.1 Å². The Bertz CT molecular complexity index is 1040. The van der Waals surface area contributed by atoms with Gasteiger partial charge in [0.2, 0.25) is 0 Å². The number of nitrogens with one attached hydrogen (secondary N) is 1. The molecular formula is C27H28N2O3. The lowest BCUT2D eigenvalue weighted by Gasteiger charge is -2.37. The van der Waals surface area contributed by atoms with Crippen LogP contribution in [0.25, 0.3) is 0 Å². The van der Waals surface area contributed by atoms with Gasteiger partial charge in [-0.2, -0.15) is 0 Å². The number of benzene rings is 3. The lowest BCUT2D eigenvalue weighted by molar-refractivity contribution is -0.151. The number of hydrogen-bond donors (Lipinski definition) is 1. The largest absolute Gasteiger partial charge is 0.469 e. The number of nitrogens with zero attached hydrogens (tertiary/aromatic N) is 1. The number of hydrogen-bond acceptors (Lipinski definition) is 5. The number of hydroxylamine groups is 1. The molecule has 1 heterocycles. The van der Waals surface area contributed by atoms with Gasteiger partial charge in [-0.05, 0) is 36.8 Å². The number of anilines is 2. The highest BCUT2D eigenvalue weighted by Crippen LogP contribution is 2.34. The molecule has 0 amide bonds. The molecule has 4 rings (SSSR count). The lowest BCUT2D eigenvalue weighted by Crippen LogP contribution is -2.44. The van der Waals surface area contributed by atoms with Crippen LogP contribution in [-0.2, 0) is 14.4 Å². The topological polar surface area (TPSA) is 50.8 Å². The van der Waals surface area contributed by atoms with Crippen LogP contribution in [0.2, 0.25) is 0 Å². The lowest BCUT2D eigenvalue weighted by atomic mass is 9.87. The normalized spacial score (nSPS) is 17.4. The van der Waals surface area contributed by atoms with Crippen LogP contribution in [0.1, 0.15) is 17.2 Å². The van der Waals surface area contributed by atoms with Crippen molar-refractivity contribution in [3.05, 3.63) is 108 Å². The molecule has 0 spiro atoms. The summed E-state index contributed by atoms with van der Waals surface area (Å²) in [4.78, 5) is 19.4. The van der Waals surface area contributed by atoms with Crippen LogP contribution in [0.15, 0.2) is 97.1 Å². The van der Waals surface area contributed by atoms with E-state index < -0.39 is 12.0 Å². The monoisotopic (exact) mass is 428 g/mol. The molecular weight excluding hydrogens is 400 g/mol. The Labute approximate surface area is 189 Å². The van der Waals surface area contributed by atoms with Crippen LogP contribution in [0.3, 0.4) is 0 Å². The van der Waals surface area contributed by atoms with Crippen molar-refractivity contribution in [1.82, 2.24) is 0 Å². The standard InChI is InChI=1S/C27H28N2O3/c1-20-15-17-22(18-16-20)28-26(21-10-5-3-6-11-21)25(27(30)31-2)24-14-9-19-29(32-24)23-12-7-4-8-13-23/h3-18,24-26,28H,19H2,1-2H3/t24-,25+,26+/m1/s1. The van der Waals surface area contributed by atoms with E-state index in [1.165, 1.54) is 12.7 Å². The van der Waals surface area contributed by atoms with E-state index in [1.54, 1.807) is 0 Å². The van der Waals surface area contributed by atoms with Crippen molar-refractivity contribution >= 4 is 17.3 Å². The molecule has 5 heteroatoms. The zero-order chi connectivity index (χ0) is 22.3. The van der Waals surface area contributed by atoms with E-state index in [4.69, 9.17) is 9.57 Å². The quantitative estimate of drug-likeness (QED) is 0.408. The fourth-order valence-corrected chi connectivity index (χ4v) is 3.93. The second-order valence-electron chi connectivity index (χ2n) is 7.84. The number of rotatable bonds is 7. The summed E-state index contributed by atoms with van der Waals surface area (Å²) in [6, 6.07) is 27.6. The van der Waals surface area contributed by atoms with Crippen molar-refractivity contribution < 1.29 is 14.4 Å². The van der Waals surface area contributed by atoms with Gasteiger partial charge in [0, 0.05) is 5.69 Å². The highest BCUT2D eigenvalue weighted by Gasteiger charge is 2.39. The summed E-state index contributed by atoms with van der Waals surface area (Å²) in [5, 5.41) is 5.37. The highest BCUT2D eigenvalue weighted by atomic mass is 16.7. The molecule has 0 bridgehead atoms. The van der Waals surface area contributed by atoms with Gasteiger partial charge in [0.25, 0.3) is 0 Å². The minimum absolute atomic E-state index is 0.331. The average Bonchev–Trinajstić information content (AvgIpc) is 2.86. The number of aryl methyl sites for hydroxylation is 1. The number of esters is 1. The van der Waals surface area contributed by atoms with Gasteiger partial charge in [0.1, 0.15) is 12.0 Å². The van der Waals surface area contributed by atoms with Gasteiger partial charge >= 0.3 is 5.97 Å². The first-order valence-electron chi connectivity index (χ1n) is 10.8. The molecule has 1 aliphatic heterocycles. The molecule has 0 radical (unpaired) electrons. The summed E-state index contributed by atoms with van der Waals surface area (Å²) in [5.74, 6) is -0.936. The van der Waals surface area contributed by atoms with Gasteiger partial charge in [0.15, 0.2) is 0 Å². The first-order valence-corrected chi connectivity index (χ1v) is 10.8. The minimum Gasteiger partial charge on any atom is -0.469 e. The highest BCUT2D eigenvalue weighted by molar-refractivity contribution is 5.75. The van der Waals surface area contributed by atoms with Crippen LogP contribution in [0.4, 0.5) is 11.4 Å². The van der Waals surface area contributed by atoms with Crippen molar-refractivity contribution in [3.8, 4) is 0 Å². The summed E-state index contributed by atoms with van der Waals surface area (Å²) in [6.45, 7) is 2.66. The molecule has 0 unspecified atom stereocenters. The molecule has 0 saturated carbocycles. The molecule has 1 aliphatic rings. The fourth-order valence-electron chi connectivity index (χ4n) is 3.93. The van der Waals surface area contributed by atoms with E-state index in [9.17, 15) is 4.79 Å². The maximum absolute atomic E-state index is 13.1. The summed E-state index contributed by atoms with van der Waals surface area (Å²) in [7, 11) is 1.42. The first-order chi connectivity index (χ1) is 15.7.